The van der Waals surface area contributed by atoms with Gasteiger partial charge in [-0.1, -0.05) is 36.4 Å². The Balaban J connectivity index is 1.25. The number of amides is 1. The maximum Gasteiger partial charge on any atom is 0.259 e. The zero-order valence-corrected chi connectivity index (χ0v) is 23.0. The summed E-state index contributed by atoms with van der Waals surface area (Å²) in [5, 5.41) is 4.49. The number of aromatic amines is 1. The summed E-state index contributed by atoms with van der Waals surface area (Å²) in [4.78, 5) is 53.1. The highest BCUT2D eigenvalue weighted by molar-refractivity contribution is 6.00. The summed E-state index contributed by atoms with van der Waals surface area (Å²) in [5.74, 6) is -0.246. The van der Waals surface area contributed by atoms with Crippen LogP contribution in [0.2, 0.25) is 0 Å². The first-order chi connectivity index (χ1) is 20.4. The molecule has 2 bridgehead atoms. The maximum atomic E-state index is 13.4. The smallest absolute Gasteiger partial charge is 0.259 e. The molecule has 2 aliphatic heterocycles. The Morgan fingerprint density at radius 1 is 0.976 bits per heavy atom. The third kappa shape index (κ3) is 4.18. The van der Waals surface area contributed by atoms with Crippen LogP contribution < -0.4 is 11.2 Å². The van der Waals surface area contributed by atoms with E-state index in [1.54, 1.807) is 12.4 Å². The summed E-state index contributed by atoms with van der Waals surface area (Å²) < 4.78 is 1.52. The van der Waals surface area contributed by atoms with Gasteiger partial charge >= 0.3 is 0 Å². The van der Waals surface area contributed by atoms with Gasteiger partial charge in [-0.15, -0.1) is 0 Å². The molecule has 10 heteroatoms. The van der Waals surface area contributed by atoms with Crippen molar-refractivity contribution in [2.45, 2.75) is 50.6 Å². The van der Waals surface area contributed by atoms with E-state index in [4.69, 9.17) is 10.7 Å². The van der Waals surface area contributed by atoms with E-state index in [9.17, 15) is 14.4 Å². The topological polar surface area (TPSA) is 139 Å². The minimum atomic E-state index is -0.293. The van der Waals surface area contributed by atoms with Gasteiger partial charge in [-0.3, -0.25) is 19.4 Å². The zero-order chi connectivity index (χ0) is 29.0. The van der Waals surface area contributed by atoms with Gasteiger partial charge < -0.3 is 15.6 Å². The van der Waals surface area contributed by atoms with E-state index >= 15 is 0 Å². The largest absolute Gasteiger partial charge is 0.383 e. The van der Waals surface area contributed by atoms with Crippen LogP contribution in [-0.4, -0.2) is 53.2 Å². The lowest BCUT2D eigenvalue weighted by Crippen LogP contribution is -2.47. The van der Waals surface area contributed by atoms with Crippen LogP contribution in [0.1, 0.15) is 64.9 Å². The predicted molar refractivity (Wildman–Crippen MR) is 158 cm³/mol. The van der Waals surface area contributed by atoms with E-state index in [0.717, 1.165) is 35.2 Å². The van der Waals surface area contributed by atoms with Gasteiger partial charge in [0.2, 0.25) is 0 Å². The molecule has 5 aromatic rings. The molecule has 6 heterocycles. The lowest BCUT2D eigenvalue weighted by atomic mass is 9.85. The van der Waals surface area contributed by atoms with Crippen molar-refractivity contribution in [3.05, 3.63) is 100 Å². The maximum absolute atomic E-state index is 13.4. The number of nitrogens with zero attached hydrogens (tertiary/aromatic N) is 5. The van der Waals surface area contributed by atoms with Crippen molar-refractivity contribution in [1.29, 1.82) is 0 Å². The second-order valence-electron chi connectivity index (χ2n) is 11.1. The highest BCUT2D eigenvalue weighted by Gasteiger charge is 2.45. The Bertz CT molecular complexity index is 1880. The van der Waals surface area contributed by atoms with E-state index in [2.05, 4.69) is 15.1 Å². The summed E-state index contributed by atoms with van der Waals surface area (Å²) in [6, 6.07) is 15.2. The number of anilines is 1. The lowest BCUT2D eigenvalue weighted by molar-refractivity contribution is 0.0566. The summed E-state index contributed by atoms with van der Waals surface area (Å²) in [7, 11) is 0. The summed E-state index contributed by atoms with van der Waals surface area (Å²) in [6.07, 6.45) is 9.43. The molecule has 42 heavy (non-hydrogen) atoms. The average Bonchev–Trinajstić information content (AvgIpc) is 3.55. The Labute approximate surface area is 241 Å². The number of aromatic nitrogens is 5. The molecule has 3 N–H and O–H groups in total. The second kappa shape index (κ2) is 10.1. The minimum absolute atomic E-state index is 0.0565. The van der Waals surface area contributed by atoms with Gasteiger partial charge in [-0.2, -0.15) is 9.61 Å². The van der Waals surface area contributed by atoms with Gasteiger partial charge in [0.15, 0.2) is 16.9 Å². The third-order valence-corrected chi connectivity index (χ3v) is 8.62. The van der Waals surface area contributed by atoms with Crippen LogP contribution in [0, 0.1) is 0 Å². The average molecular weight is 560 g/mol. The number of benzene rings is 1. The minimum Gasteiger partial charge on any atom is -0.383 e. The highest BCUT2D eigenvalue weighted by atomic mass is 16.2. The number of hydrogen-bond donors (Lipinski definition) is 2. The van der Waals surface area contributed by atoms with Gasteiger partial charge in [0.25, 0.3) is 5.91 Å². The first-order valence-corrected chi connectivity index (χ1v) is 14.1. The molecule has 2 fully saturated rings. The monoisotopic (exact) mass is 559 g/mol. The van der Waals surface area contributed by atoms with Crippen LogP contribution in [0.3, 0.4) is 0 Å². The molecule has 3 atom stereocenters. The van der Waals surface area contributed by atoms with Crippen molar-refractivity contribution in [2.24, 2.45) is 0 Å². The van der Waals surface area contributed by atoms with Gasteiger partial charge in [0, 0.05) is 59.3 Å². The van der Waals surface area contributed by atoms with Gasteiger partial charge in [0.1, 0.15) is 11.4 Å². The Morgan fingerprint density at radius 2 is 1.74 bits per heavy atom. The second-order valence-corrected chi connectivity index (χ2v) is 11.1. The molecule has 0 saturated carbocycles. The fraction of sp³-hybridized carbons (Fsp3) is 0.250. The number of nitrogen functional groups attached to an aromatic ring is 1. The number of nitrogens with two attached hydrogens (primary N) is 1. The number of Topliss-reactive ketones (excluding diaryl/α,β-unsaturated/α-hetero) is 1. The molecule has 7 rings (SSSR count). The summed E-state index contributed by atoms with van der Waals surface area (Å²) in [5.41, 5.74) is 11.5. The van der Waals surface area contributed by atoms with Crippen LogP contribution in [0.25, 0.3) is 28.0 Å². The third-order valence-electron chi connectivity index (χ3n) is 8.62. The molecular formula is C32H29N7O3. The van der Waals surface area contributed by atoms with Crippen molar-refractivity contribution >= 4 is 23.2 Å². The molecule has 0 aliphatic carbocycles. The van der Waals surface area contributed by atoms with Crippen LogP contribution in [0.15, 0.2) is 78.1 Å². The molecule has 0 radical (unpaired) electrons. The number of hydrogen-bond acceptors (Lipinski definition) is 7. The van der Waals surface area contributed by atoms with Gasteiger partial charge in [-0.05, 0) is 38.7 Å². The van der Waals surface area contributed by atoms with Crippen molar-refractivity contribution < 1.29 is 9.59 Å². The van der Waals surface area contributed by atoms with Gasteiger partial charge in [0.05, 0.1) is 23.1 Å². The number of carbonyl (C=O) groups is 2. The van der Waals surface area contributed by atoms with E-state index in [-0.39, 0.29) is 46.5 Å². The number of ketones is 1. The Kier molecular flexibility index (Phi) is 6.18. The van der Waals surface area contributed by atoms with E-state index < -0.39 is 0 Å². The molecule has 1 amide bonds. The number of rotatable bonds is 5. The van der Waals surface area contributed by atoms with E-state index in [1.807, 2.05) is 47.4 Å². The van der Waals surface area contributed by atoms with Crippen molar-refractivity contribution in [2.75, 3.05) is 5.73 Å². The number of fused-ring (bicyclic) bond motifs is 3. The molecule has 0 spiro atoms. The van der Waals surface area contributed by atoms with Crippen molar-refractivity contribution in [1.82, 2.24) is 29.5 Å². The molecule has 1 aromatic carbocycles. The normalized spacial score (nSPS) is 19.7. The van der Waals surface area contributed by atoms with Crippen LogP contribution in [0.4, 0.5) is 5.82 Å². The number of carbonyl (C=O) groups excluding carboxylic acids is 2. The lowest BCUT2D eigenvalue weighted by Gasteiger charge is -2.39. The highest BCUT2D eigenvalue weighted by Crippen LogP contribution is 2.45. The van der Waals surface area contributed by atoms with Crippen molar-refractivity contribution in [3.8, 4) is 22.4 Å². The molecule has 10 nitrogen and oxygen atoms in total. The van der Waals surface area contributed by atoms with Crippen LogP contribution >= 0.6 is 0 Å². The zero-order valence-electron chi connectivity index (χ0n) is 23.0. The number of nitrogens with one attached hydrogen (secondary N) is 1. The SMILES string of the molecule is CC(=O)c1c(C2C[C@H]3CC[C@@H](C2)N3C(=O)c2c[nH]ccc2=O)nc2c(-c3ccc(-c4ccccc4)nc3)cnn2c1N. The molecule has 210 valence electrons. The number of H-pyrrole nitrogens is 1. The Morgan fingerprint density at radius 3 is 2.40 bits per heavy atom. The molecule has 2 aliphatic rings. The molecule has 4 aromatic heterocycles. The van der Waals surface area contributed by atoms with E-state index in [0.29, 0.717) is 29.7 Å². The van der Waals surface area contributed by atoms with E-state index in [1.165, 1.54) is 29.9 Å². The summed E-state index contributed by atoms with van der Waals surface area (Å²) >= 11 is 0. The molecule has 2 saturated heterocycles. The fourth-order valence-electron chi connectivity index (χ4n) is 6.68. The molecular weight excluding hydrogens is 530 g/mol. The quantitative estimate of drug-likeness (QED) is 0.303. The van der Waals surface area contributed by atoms with Crippen LogP contribution in [-0.2, 0) is 0 Å². The first kappa shape index (κ1) is 25.8. The number of pyridine rings is 2. The van der Waals surface area contributed by atoms with Crippen LogP contribution in [0.5, 0.6) is 0 Å². The summed E-state index contributed by atoms with van der Waals surface area (Å²) in [6.45, 7) is 1.49. The van der Waals surface area contributed by atoms with Crippen molar-refractivity contribution in [3.63, 3.8) is 0 Å². The Hall–Kier alpha value is -5.12. The standard InChI is InChI=1S/C32H29N7O3/c1-18(40)28-29(21-13-22-8-9-23(14-21)38(22)32(42)25-16-34-12-11-27(25)41)37-31-24(17-36-39(31)30(28)33)20-7-10-26(35-15-20)19-5-3-2-4-6-19/h2-7,10-12,15-17,21-23H,8-9,13-14,33H2,1H3,(H,34,41)/t21?,22-,23+. The molecule has 1 unspecified atom stereocenters. The fourth-order valence-corrected chi connectivity index (χ4v) is 6.68. The predicted octanol–water partition coefficient (Wildman–Crippen LogP) is 4.48. The first-order valence-electron chi connectivity index (χ1n) is 14.1. The number of piperidine rings is 1. The van der Waals surface area contributed by atoms with Gasteiger partial charge in [-0.25, -0.2) is 4.98 Å².